The van der Waals surface area contributed by atoms with Crippen molar-refractivity contribution in [2.75, 3.05) is 0 Å². The zero-order valence-electron chi connectivity index (χ0n) is 12.0. The van der Waals surface area contributed by atoms with Gasteiger partial charge in [-0.2, -0.15) is 0 Å². The molecule has 1 aliphatic heterocycles. The number of carbonyl (C=O) groups is 3. The number of carbonyl (C=O) groups excluding carboxylic acids is 3. The summed E-state index contributed by atoms with van der Waals surface area (Å²) in [5, 5.41) is 2.31. The quantitative estimate of drug-likeness (QED) is 0.837. The number of nitrogens with zero attached hydrogens (tertiary/aromatic N) is 2. The van der Waals surface area contributed by atoms with E-state index >= 15 is 0 Å². The van der Waals surface area contributed by atoms with Gasteiger partial charge >= 0.3 is 6.03 Å². The van der Waals surface area contributed by atoms with Crippen LogP contribution in [0.15, 0.2) is 10.6 Å². The molecule has 1 saturated carbocycles. The molecule has 1 unspecified atom stereocenters. The first-order chi connectivity index (χ1) is 9.95. The lowest BCUT2D eigenvalue weighted by atomic mass is 9.81. The summed E-state index contributed by atoms with van der Waals surface area (Å²) in [5.41, 5.74) is -1.09. The molecule has 1 aromatic rings. The van der Waals surface area contributed by atoms with Gasteiger partial charge in [0.1, 0.15) is 17.2 Å². The van der Waals surface area contributed by atoms with Crippen LogP contribution in [-0.4, -0.2) is 27.7 Å². The van der Waals surface area contributed by atoms with E-state index in [2.05, 4.69) is 10.3 Å². The molecular formula is C14H17N3O4. The highest BCUT2D eigenvalue weighted by molar-refractivity contribution is 6.19. The van der Waals surface area contributed by atoms with Gasteiger partial charge in [-0.05, 0) is 26.7 Å². The molecule has 0 radical (unpaired) electrons. The van der Waals surface area contributed by atoms with Crippen LogP contribution in [0.3, 0.4) is 0 Å². The van der Waals surface area contributed by atoms with Crippen molar-refractivity contribution in [3.05, 3.63) is 17.8 Å². The van der Waals surface area contributed by atoms with E-state index in [1.807, 2.05) is 0 Å². The van der Waals surface area contributed by atoms with Gasteiger partial charge in [-0.3, -0.25) is 19.8 Å². The SMILES string of the molecule is Cc1cnc(C(C)N2C(=O)NC(=O)C3(CCCC3)C2=O)o1. The maximum Gasteiger partial charge on any atom is 0.331 e. The van der Waals surface area contributed by atoms with Crippen molar-refractivity contribution in [2.45, 2.75) is 45.6 Å². The predicted molar refractivity (Wildman–Crippen MR) is 70.9 cm³/mol. The molecule has 7 heteroatoms. The third-order valence-electron chi connectivity index (χ3n) is 4.34. The van der Waals surface area contributed by atoms with Crippen molar-refractivity contribution in [1.29, 1.82) is 0 Å². The average Bonchev–Trinajstić information content (AvgIpc) is 3.06. The van der Waals surface area contributed by atoms with Gasteiger partial charge in [0.15, 0.2) is 0 Å². The number of oxazole rings is 1. The molecule has 0 aromatic carbocycles. The summed E-state index contributed by atoms with van der Waals surface area (Å²) in [6, 6.07) is -1.34. The Hall–Kier alpha value is -2.18. The van der Waals surface area contributed by atoms with Crippen LogP contribution in [0.2, 0.25) is 0 Å². The van der Waals surface area contributed by atoms with Crippen molar-refractivity contribution < 1.29 is 18.8 Å². The maximum absolute atomic E-state index is 12.8. The normalized spacial score (nSPS) is 22.8. The van der Waals surface area contributed by atoms with Crippen molar-refractivity contribution in [3.8, 4) is 0 Å². The highest BCUT2D eigenvalue weighted by atomic mass is 16.4. The summed E-state index contributed by atoms with van der Waals surface area (Å²) in [4.78, 5) is 42.1. The van der Waals surface area contributed by atoms with E-state index in [1.54, 1.807) is 13.8 Å². The number of urea groups is 1. The van der Waals surface area contributed by atoms with Gasteiger partial charge in [-0.1, -0.05) is 12.8 Å². The summed E-state index contributed by atoms with van der Waals surface area (Å²) in [7, 11) is 0. The molecule has 0 bridgehead atoms. The van der Waals surface area contributed by atoms with Crippen LogP contribution >= 0.6 is 0 Å². The van der Waals surface area contributed by atoms with Crippen molar-refractivity contribution in [3.63, 3.8) is 0 Å². The minimum absolute atomic E-state index is 0.290. The third-order valence-corrected chi connectivity index (χ3v) is 4.34. The first-order valence-corrected chi connectivity index (χ1v) is 7.07. The Kier molecular flexibility index (Phi) is 3.07. The minimum Gasteiger partial charge on any atom is -0.444 e. The van der Waals surface area contributed by atoms with Crippen LogP contribution in [0.1, 0.15) is 50.3 Å². The first kappa shape index (κ1) is 13.8. The predicted octanol–water partition coefficient (Wildman–Crippen LogP) is 1.68. The monoisotopic (exact) mass is 291 g/mol. The number of imide groups is 2. The van der Waals surface area contributed by atoms with Gasteiger partial charge in [0.2, 0.25) is 17.7 Å². The average molecular weight is 291 g/mol. The molecule has 2 heterocycles. The molecule has 1 atom stereocenters. The molecule has 3 rings (SSSR count). The van der Waals surface area contributed by atoms with Gasteiger partial charge in [-0.15, -0.1) is 0 Å². The number of amides is 4. The highest BCUT2D eigenvalue weighted by Crippen LogP contribution is 2.43. The van der Waals surface area contributed by atoms with Gasteiger partial charge in [0.25, 0.3) is 0 Å². The standard InChI is InChI=1S/C14H17N3O4/c1-8-7-15-10(21-8)9(2)17-12(19)14(5-3-4-6-14)11(18)16-13(17)20/h7,9H,3-6H2,1-2H3,(H,16,18,20). The molecule has 1 N–H and O–H groups in total. The van der Waals surface area contributed by atoms with Crippen LogP contribution in [0.25, 0.3) is 0 Å². The second-order valence-electron chi connectivity index (χ2n) is 5.71. The van der Waals surface area contributed by atoms with E-state index in [-0.39, 0.29) is 0 Å². The van der Waals surface area contributed by atoms with E-state index in [0.29, 0.717) is 24.5 Å². The first-order valence-electron chi connectivity index (χ1n) is 7.07. The summed E-state index contributed by atoms with van der Waals surface area (Å²) in [6.45, 7) is 3.41. The maximum atomic E-state index is 12.8. The Bertz CT molecular complexity index is 615. The van der Waals surface area contributed by atoms with Crippen molar-refractivity contribution in [2.24, 2.45) is 5.41 Å². The largest absolute Gasteiger partial charge is 0.444 e. The molecule has 112 valence electrons. The minimum atomic E-state index is -1.09. The Morgan fingerprint density at radius 2 is 2.00 bits per heavy atom. The van der Waals surface area contributed by atoms with E-state index in [1.165, 1.54) is 6.20 Å². The Labute approximate surface area is 121 Å². The fourth-order valence-electron chi connectivity index (χ4n) is 3.14. The molecule has 1 spiro atoms. The molecule has 1 aliphatic carbocycles. The molecular weight excluding hydrogens is 274 g/mol. The van der Waals surface area contributed by atoms with Crippen LogP contribution < -0.4 is 5.32 Å². The van der Waals surface area contributed by atoms with Gasteiger partial charge in [0.05, 0.1) is 6.20 Å². The second-order valence-corrected chi connectivity index (χ2v) is 5.71. The van der Waals surface area contributed by atoms with Crippen LogP contribution in [-0.2, 0) is 9.59 Å². The third kappa shape index (κ3) is 1.95. The fraction of sp³-hybridized carbons (Fsp3) is 0.571. The lowest BCUT2D eigenvalue weighted by molar-refractivity contribution is -0.152. The van der Waals surface area contributed by atoms with Crippen LogP contribution in [0.5, 0.6) is 0 Å². The topological polar surface area (TPSA) is 92.5 Å². The Balaban J connectivity index is 1.95. The molecule has 4 amide bonds. The van der Waals surface area contributed by atoms with Gasteiger partial charge < -0.3 is 4.42 Å². The van der Waals surface area contributed by atoms with E-state index in [4.69, 9.17) is 4.42 Å². The molecule has 2 fully saturated rings. The molecule has 2 aliphatic rings. The number of aryl methyl sites for hydroxylation is 1. The summed E-state index contributed by atoms with van der Waals surface area (Å²) in [6.07, 6.45) is 4.13. The lowest BCUT2D eigenvalue weighted by Crippen LogP contribution is -2.63. The van der Waals surface area contributed by atoms with Crippen molar-refractivity contribution >= 4 is 17.8 Å². The summed E-state index contributed by atoms with van der Waals surface area (Å²) >= 11 is 0. The molecule has 1 saturated heterocycles. The van der Waals surface area contributed by atoms with Crippen LogP contribution in [0.4, 0.5) is 4.79 Å². The highest BCUT2D eigenvalue weighted by Gasteiger charge is 2.56. The zero-order valence-corrected chi connectivity index (χ0v) is 12.0. The van der Waals surface area contributed by atoms with E-state index in [9.17, 15) is 14.4 Å². The van der Waals surface area contributed by atoms with E-state index in [0.717, 1.165) is 17.7 Å². The number of hydrogen-bond donors (Lipinski definition) is 1. The molecule has 21 heavy (non-hydrogen) atoms. The van der Waals surface area contributed by atoms with Crippen molar-refractivity contribution in [1.82, 2.24) is 15.2 Å². The number of hydrogen-bond acceptors (Lipinski definition) is 5. The smallest absolute Gasteiger partial charge is 0.331 e. The number of barbiturate groups is 1. The molecule has 1 aromatic heterocycles. The number of rotatable bonds is 2. The Morgan fingerprint density at radius 3 is 2.57 bits per heavy atom. The number of nitrogens with one attached hydrogen (secondary N) is 1. The summed E-state index contributed by atoms with van der Waals surface area (Å²) in [5.74, 6) is -0.00833. The van der Waals surface area contributed by atoms with Crippen LogP contribution in [0, 0.1) is 12.3 Å². The fourth-order valence-corrected chi connectivity index (χ4v) is 3.14. The zero-order chi connectivity index (χ0) is 15.2. The second kappa shape index (κ2) is 4.68. The Morgan fingerprint density at radius 1 is 1.33 bits per heavy atom. The number of aromatic nitrogens is 1. The van der Waals surface area contributed by atoms with Gasteiger partial charge in [0, 0.05) is 0 Å². The van der Waals surface area contributed by atoms with Gasteiger partial charge in [-0.25, -0.2) is 9.78 Å². The lowest BCUT2D eigenvalue weighted by Gasteiger charge is -2.38. The van der Waals surface area contributed by atoms with E-state index < -0.39 is 29.3 Å². The summed E-state index contributed by atoms with van der Waals surface area (Å²) < 4.78 is 5.40. The molecule has 7 nitrogen and oxygen atoms in total.